The summed E-state index contributed by atoms with van der Waals surface area (Å²) in [5.74, 6) is 0.128. The molecule has 0 bridgehead atoms. The maximum atomic E-state index is 12.3. The summed E-state index contributed by atoms with van der Waals surface area (Å²) in [6.07, 6.45) is 4.03. The summed E-state index contributed by atoms with van der Waals surface area (Å²) in [5, 5.41) is 0. The zero-order valence-corrected chi connectivity index (χ0v) is 18.3. The van der Waals surface area contributed by atoms with E-state index in [0.717, 1.165) is 11.3 Å². The molecule has 146 valence electrons. The average Bonchev–Trinajstić information content (AvgIpc) is 2.78. The molecule has 2 aromatic carbocycles. The molecule has 0 fully saturated rings. The van der Waals surface area contributed by atoms with Gasteiger partial charge in [-0.15, -0.1) is 0 Å². The second-order valence-electron chi connectivity index (χ2n) is 7.92. The fourth-order valence-electron chi connectivity index (χ4n) is 4.23. The second-order valence-corrected chi connectivity index (χ2v) is 10.2. The van der Waals surface area contributed by atoms with E-state index in [4.69, 9.17) is 39.5 Å². The molecule has 2 aliphatic rings. The minimum absolute atomic E-state index is 0.288. The smallest absolute Gasteiger partial charge is 0.253 e. The van der Waals surface area contributed by atoms with Crippen LogP contribution in [0.2, 0.25) is 0 Å². The summed E-state index contributed by atoms with van der Waals surface area (Å²) in [7, 11) is 2.04. The number of ether oxygens (including phenoxy) is 1. The van der Waals surface area contributed by atoms with E-state index in [1.165, 1.54) is 11.1 Å². The molecule has 28 heavy (non-hydrogen) atoms. The third-order valence-corrected chi connectivity index (χ3v) is 6.38. The van der Waals surface area contributed by atoms with Crippen LogP contribution in [0.15, 0.2) is 42.5 Å². The lowest BCUT2D eigenvalue weighted by atomic mass is 9.76. The Morgan fingerprint density at radius 1 is 1.11 bits per heavy atom. The molecule has 0 saturated carbocycles. The SMILES string of the molecule is Cc1ccc2c(c1)C(C)(C)C1(C=Cc3cc(C(=O)C(Cl)(Cl)Cl)ccc3O1)N2C. The van der Waals surface area contributed by atoms with Crippen LogP contribution in [0.5, 0.6) is 5.75 Å². The largest absolute Gasteiger partial charge is 0.463 e. The molecular formula is C22H20Cl3NO2. The number of ketones is 1. The van der Waals surface area contributed by atoms with E-state index in [-0.39, 0.29) is 5.41 Å². The standard InChI is InChI=1S/C22H20Cl3NO2/c1-13-5-7-17-16(11-13)20(2,3)21(26(17)4)10-9-14-12-15(6-8-18(14)28-21)19(27)22(23,24)25/h5-12H,1-4H3. The van der Waals surface area contributed by atoms with Gasteiger partial charge in [-0.3, -0.25) is 4.79 Å². The van der Waals surface area contributed by atoms with Gasteiger partial charge in [-0.25, -0.2) is 0 Å². The van der Waals surface area contributed by atoms with Crippen LogP contribution >= 0.6 is 34.8 Å². The summed E-state index contributed by atoms with van der Waals surface area (Å²) in [6.45, 7) is 6.47. The molecule has 0 saturated heterocycles. The summed E-state index contributed by atoms with van der Waals surface area (Å²) in [5.41, 5.74) is 3.76. The number of fused-ring (bicyclic) bond motifs is 2. The highest BCUT2D eigenvalue weighted by molar-refractivity contribution is 6.77. The predicted molar refractivity (Wildman–Crippen MR) is 116 cm³/mol. The van der Waals surface area contributed by atoms with Crippen LogP contribution in [0.4, 0.5) is 5.69 Å². The molecular weight excluding hydrogens is 417 g/mol. The number of benzene rings is 2. The molecule has 0 N–H and O–H groups in total. The van der Waals surface area contributed by atoms with Gasteiger partial charge in [-0.1, -0.05) is 52.5 Å². The maximum Gasteiger partial charge on any atom is 0.253 e. The number of anilines is 1. The average molecular weight is 437 g/mol. The van der Waals surface area contributed by atoms with Crippen LogP contribution in [-0.4, -0.2) is 22.3 Å². The van der Waals surface area contributed by atoms with Crippen molar-refractivity contribution in [1.29, 1.82) is 0 Å². The molecule has 0 aliphatic carbocycles. The van der Waals surface area contributed by atoms with Crippen LogP contribution in [0.1, 0.15) is 40.9 Å². The molecule has 4 rings (SSSR count). The van der Waals surface area contributed by atoms with Gasteiger partial charge in [-0.2, -0.15) is 0 Å². The van der Waals surface area contributed by atoms with Crippen molar-refractivity contribution >= 4 is 52.3 Å². The van der Waals surface area contributed by atoms with Crippen molar-refractivity contribution in [3.63, 3.8) is 0 Å². The topological polar surface area (TPSA) is 29.5 Å². The van der Waals surface area contributed by atoms with E-state index in [2.05, 4.69) is 43.9 Å². The molecule has 2 aliphatic heterocycles. The quantitative estimate of drug-likeness (QED) is 0.401. The first kappa shape index (κ1) is 19.6. The number of likely N-dealkylation sites (N-methyl/N-ethyl adjacent to an activating group) is 1. The number of hydrogen-bond acceptors (Lipinski definition) is 3. The lowest BCUT2D eigenvalue weighted by molar-refractivity contribution is 0.0581. The van der Waals surface area contributed by atoms with Gasteiger partial charge in [0.1, 0.15) is 5.75 Å². The van der Waals surface area contributed by atoms with Crippen LogP contribution in [-0.2, 0) is 5.41 Å². The molecule has 0 amide bonds. The lowest BCUT2D eigenvalue weighted by Gasteiger charge is -2.45. The first-order chi connectivity index (χ1) is 13.0. The third-order valence-electron chi connectivity index (χ3n) is 5.86. The van der Waals surface area contributed by atoms with E-state index >= 15 is 0 Å². The highest BCUT2D eigenvalue weighted by Crippen LogP contribution is 2.54. The number of rotatable bonds is 1. The minimum Gasteiger partial charge on any atom is -0.463 e. The number of carbonyl (C=O) groups excluding carboxylic acids is 1. The Balaban J connectivity index is 1.78. The fourth-order valence-corrected chi connectivity index (χ4v) is 4.56. The summed E-state index contributed by atoms with van der Waals surface area (Å²) >= 11 is 17.2. The predicted octanol–water partition coefficient (Wildman–Crippen LogP) is 6.08. The van der Waals surface area contributed by atoms with Gasteiger partial charge in [-0.05, 0) is 62.8 Å². The molecule has 0 aromatic heterocycles. The zero-order valence-electron chi connectivity index (χ0n) is 16.0. The Bertz CT molecular complexity index is 1020. The number of hydrogen-bond donors (Lipinski definition) is 0. The Labute approximate surface area is 179 Å². The van der Waals surface area contributed by atoms with Crippen LogP contribution in [0, 0.1) is 6.92 Å². The lowest BCUT2D eigenvalue weighted by Crippen LogP contribution is -2.58. The summed E-state index contributed by atoms with van der Waals surface area (Å²) in [4.78, 5) is 14.4. The molecule has 6 heteroatoms. The van der Waals surface area contributed by atoms with Crippen molar-refractivity contribution in [2.24, 2.45) is 0 Å². The highest BCUT2D eigenvalue weighted by Gasteiger charge is 2.57. The van der Waals surface area contributed by atoms with Gasteiger partial charge < -0.3 is 9.64 Å². The van der Waals surface area contributed by atoms with Crippen molar-refractivity contribution in [2.45, 2.75) is 35.7 Å². The molecule has 2 heterocycles. The van der Waals surface area contributed by atoms with Gasteiger partial charge >= 0.3 is 0 Å². The van der Waals surface area contributed by atoms with Crippen molar-refractivity contribution in [1.82, 2.24) is 0 Å². The molecule has 2 aromatic rings. The number of alkyl halides is 3. The Morgan fingerprint density at radius 3 is 2.50 bits per heavy atom. The van der Waals surface area contributed by atoms with Crippen LogP contribution in [0.3, 0.4) is 0 Å². The molecule has 0 radical (unpaired) electrons. The molecule has 1 atom stereocenters. The number of carbonyl (C=O) groups is 1. The fraction of sp³-hybridized carbons (Fsp3) is 0.318. The second kappa shape index (κ2) is 6.16. The van der Waals surface area contributed by atoms with E-state index < -0.39 is 15.3 Å². The molecule has 3 nitrogen and oxygen atoms in total. The van der Waals surface area contributed by atoms with Gasteiger partial charge in [0.25, 0.3) is 3.79 Å². The first-order valence-corrected chi connectivity index (χ1v) is 10.1. The summed E-state index contributed by atoms with van der Waals surface area (Å²) < 4.78 is 4.60. The highest BCUT2D eigenvalue weighted by atomic mass is 35.6. The van der Waals surface area contributed by atoms with E-state index in [0.29, 0.717) is 11.3 Å². The van der Waals surface area contributed by atoms with Crippen LogP contribution in [0.25, 0.3) is 6.08 Å². The Hall–Kier alpha value is -1.68. The van der Waals surface area contributed by atoms with E-state index in [1.54, 1.807) is 18.2 Å². The van der Waals surface area contributed by atoms with Crippen molar-refractivity contribution in [3.8, 4) is 5.75 Å². The van der Waals surface area contributed by atoms with Crippen LogP contribution < -0.4 is 9.64 Å². The first-order valence-electron chi connectivity index (χ1n) is 8.96. The van der Waals surface area contributed by atoms with E-state index in [1.807, 2.05) is 19.2 Å². The molecule has 1 spiro atoms. The Kier molecular flexibility index (Phi) is 4.32. The van der Waals surface area contributed by atoms with Crippen molar-refractivity contribution < 1.29 is 9.53 Å². The normalized spacial score (nSPS) is 22.0. The third kappa shape index (κ3) is 2.67. The Morgan fingerprint density at radius 2 is 1.82 bits per heavy atom. The van der Waals surface area contributed by atoms with Gasteiger partial charge in [0.2, 0.25) is 11.5 Å². The van der Waals surface area contributed by atoms with Gasteiger partial charge in [0, 0.05) is 23.9 Å². The summed E-state index contributed by atoms with van der Waals surface area (Å²) in [6, 6.07) is 11.6. The number of Topliss-reactive ketones (excluding diaryl/α,β-unsaturated/α-hetero) is 1. The van der Waals surface area contributed by atoms with Crippen molar-refractivity contribution in [2.75, 3.05) is 11.9 Å². The number of nitrogens with zero attached hydrogens (tertiary/aromatic N) is 1. The molecule has 1 unspecified atom stereocenters. The van der Waals surface area contributed by atoms with Gasteiger partial charge in [0.05, 0.1) is 5.41 Å². The monoisotopic (exact) mass is 435 g/mol. The zero-order chi connectivity index (χ0) is 20.5. The maximum absolute atomic E-state index is 12.3. The minimum atomic E-state index is -1.98. The van der Waals surface area contributed by atoms with Gasteiger partial charge in [0.15, 0.2) is 0 Å². The van der Waals surface area contributed by atoms with Crippen molar-refractivity contribution in [3.05, 3.63) is 64.7 Å². The number of aryl methyl sites for hydroxylation is 1. The number of halogens is 3. The van der Waals surface area contributed by atoms with E-state index in [9.17, 15) is 4.79 Å².